The van der Waals surface area contributed by atoms with E-state index in [1.165, 1.54) is 80.9 Å². The van der Waals surface area contributed by atoms with E-state index in [9.17, 15) is 0 Å². The van der Waals surface area contributed by atoms with Gasteiger partial charge in [-0.05, 0) is 29.0 Å². The fraction of sp³-hybridized carbons (Fsp3) is 0.500. The smallest absolute Gasteiger partial charge is 0.187 e. The highest BCUT2D eigenvalue weighted by Crippen LogP contribution is 2.24. The van der Waals surface area contributed by atoms with Crippen LogP contribution < -0.4 is 0 Å². The summed E-state index contributed by atoms with van der Waals surface area (Å²) in [5.74, 6) is 0.758. The lowest BCUT2D eigenvalue weighted by Crippen LogP contribution is -2.00. The number of nitrogens with zero attached hydrogens (tertiary/aromatic N) is 1. The predicted molar refractivity (Wildman–Crippen MR) is 118 cm³/mol. The summed E-state index contributed by atoms with van der Waals surface area (Å²) in [7, 11) is 0. The molecule has 0 aromatic heterocycles. The van der Waals surface area contributed by atoms with Crippen molar-refractivity contribution in [2.45, 2.75) is 78.1 Å². The summed E-state index contributed by atoms with van der Waals surface area (Å²) in [5.41, 5.74) is 4.54. The summed E-state index contributed by atoms with van der Waals surface area (Å²) in [6.45, 7) is 11.7. The molecule has 1 unspecified atom stereocenters. The van der Waals surface area contributed by atoms with Gasteiger partial charge in [-0.15, -0.1) is 0 Å². The number of rotatable bonds is 12. The van der Waals surface area contributed by atoms with E-state index in [-0.39, 0.29) is 0 Å². The van der Waals surface area contributed by atoms with Gasteiger partial charge in [0, 0.05) is 0 Å². The molecule has 2 aromatic carbocycles. The minimum Gasteiger partial charge on any atom is -0.238 e. The first-order valence-corrected chi connectivity index (χ1v) is 10.8. The van der Waals surface area contributed by atoms with E-state index < -0.39 is 0 Å². The van der Waals surface area contributed by atoms with Crippen molar-refractivity contribution in [3.63, 3.8) is 0 Å². The van der Waals surface area contributed by atoms with Crippen molar-refractivity contribution >= 4 is 5.69 Å². The van der Waals surface area contributed by atoms with Crippen LogP contribution >= 0.6 is 0 Å². The molecule has 0 aliphatic rings. The third-order valence-corrected chi connectivity index (χ3v) is 5.42. The molecule has 1 atom stereocenters. The first kappa shape index (κ1) is 21.2. The average molecular weight is 362 g/mol. The fourth-order valence-corrected chi connectivity index (χ4v) is 3.69. The molecular formula is C26H35N. The van der Waals surface area contributed by atoms with Crippen molar-refractivity contribution in [1.29, 1.82) is 0 Å². The number of benzene rings is 2. The Kier molecular flexibility index (Phi) is 9.70. The molecule has 0 aliphatic heterocycles. The molecule has 2 rings (SSSR count). The van der Waals surface area contributed by atoms with Crippen molar-refractivity contribution in [3.05, 3.63) is 65.5 Å². The van der Waals surface area contributed by atoms with Crippen LogP contribution in [0.4, 0.5) is 5.69 Å². The van der Waals surface area contributed by atoms with Gasteiger partial charge in [0.25, 0.3) is 0 Å². The molecule has 0 aliphatic carbocycles. The van der Waals surface area contributed by atoms with Crippen LogP contribution in [0.5, 0.6) is 0 Å². The van der Waals surface area contributed by atoms with Gasteiger partial charge in [0.2, 0.25) is 0 Å². The molecule has 1 nitrogen and oxygen atoms in total. The summed E-state index contributed by atoms with van der Waals surface area (Å²) in [6.07, 6.45) is 13.7. The van der Waals surface area contributed by atoms with Crippen LogP contribution in [0.3, 0.4) is 0 Å². The van der Waals surface area contributed by atoms with Gasteiger partial charge in [-0.1, -0.05) is 120 Å². The van der Waals surface area contributed by atoms with E-state index in [0.717, 1.165) is 5.92 Å². The topological polar surface area (TPSA) is 4.36 Å². The quantitative estimate of drug-likeness (QED) is 0.263. The minimum atomic E-state index is 0.699. The Labute approximate surface area is 166 Å². The highest BCUT2D eigenvalue weighted by atomic mass is 14.6. The zero-order valence-corrected chi connectivity index (χ0v) is 17.2. The average Bonchev–Trinajstić information content (AvgIpc) is 2.70. The molecule has 0 saturated carbocycles. The Bertz CT molecular complexity index is 676. The molecule has 27 heavy (non-hydrogen) atoms. The lowest BCUT2D eigenvalue weighted by Gasteiger charge is -2.12. The molecule has 0 radical (unpaired) electrons. The predicted octanol–water partition coefficient (Wildman–Crippen LogP) is 8.61. The molecule has 2 aromatic rings. The van der Waals surface area contributed by atoms with Crippen LogP contribution in [0, 0.1) is 12.5 Å². The van der Waals surface area contributed by atoms with Gasteiger partial charge in [0.1, 0.15) is 0 Å². The Morgan fingerprint density at radius 3 is 1.81 bits per heavy atom. The normalized spacial score (nSPS) is 11.9. The number of hydrogen-bond donors (Lipinski definition) is 0. The number of unbranched alkanes of at least 4 members (excludes halogenated alkanes) is 7. The summed E-state index contributed by atoms with van der Waals surface area (Å²) in [5, 5.41) is 0. The van der Waals surface area contributed by atoms with Crippen LogP contribution in [0.25, 0.3) is 16.0 Å². The van der Waals surface area contributed by atoms with E-state index >= 15 is 0 Å². The van der Waals surface area contributed by atoms with Gasteiger partial charge in [-0.3, -0.25) is 0 Å². The largest absolute Gasteiger partial charge is 0.238 e. The van der Waals surface area contributed by atoms with Crippen molar-refractivity contribution in [1.82, 2.24) is 0 Å². The lowest BCUT2D eigenvalue weighted by molar-refractivity contribution is 0.478. The van der Waals surface area contributed by atoms with Crippen LogP contribution in [0.2, 0.25) is 0 Å². The molecule has 0 spiro atoms. The minimum absolute atomic E-state index is 0.699. The van der Waals surface area contributed by atoms with Crippen LogP contribution in [-0.4, -0.2) is 0 Å². The van der Waals surface area contributed by atoms with E-state index in [1.54, 1.807) is 0 Å². The van der Waals surface area contributed by atoms with Crippen LogP contribution in [0.1, 0.15) is 77.2 Å². The van der Waals surface area contributed by atoms with Crippen molar-refractivity contribution in [2.75, 3.05) is 0 Å². The standard InChI is InChI=1S/C26H35N/c1-4-5-6-7-8-9-10-11-12-22(2)21-23-13-15-24(16-14-23)25-17-19-26(27-3)20-18-25/h13-20,22H,4-12,21H2,1-2H3. The second-order valence-electron chi connectivity index (χ2n) is 7.93. The monoisotopic (exact) mass is 361 g/mol. The third-order valence-electron chi connectivity index (χ3n) is 5.42. The van der Waals surface area contributed by atoms with E-state index in [1.807, 2.05) is 24.3 Å². The Hall–Kier alpha value is -2.07. The van der Waals surface area contributed by atoms with Crippen LogP contribution in [0.15, 0.2) is 48.5 Å². The first-order valence-electron chi connectivity index (χ1n) is 10.8. The van der Waals surface area contributed by atoms with Crippen molar-refractivity contribution < 1.29 is 0 Å². The molecule has 0 fully saturated rings. The third kappa shape index (κ3) is 8.00. The summed E-state index contributed by atoms with van der Waals surface area (Å²) in [6, 6.07) is 16.8. The Morgan fingerprint density at radius 1 is 0.741 bits per heavy atom. The van der Waals surface area contributed by atoms with Gasteiger partial charge in [-0.25, -0.2) is 4.85 Å². The zero-order chi connectivity index (χ0) is 19.3. The SMILES string of the molecule is [C-]#[N+]c1ccc(-c2ccc(CC(C)CCCCCCCCCC)cc2)cc1. The molecule has 0 N–H and O–H groups in total. The molecule has 0 bridgehead atoms. The van der Waals surface area contributed by atoms with Gasteiger partial charge in [-0.2, -0.15) is 0 Å². The van der Waals surface area contributed by atoms with E-state index in [0.29, 0.717) is 5.69 Å². The van der Waals surface area contributed by atoms with Gasteiger partial charge in [0.15, 0.2) is 5.69 Å². The van der Waals surface area contributed by atoms with Crippen molar-refractivity contribution in [3.8, 4) is 11.1 Å². The van der Waals surface area contributed by atoms with Crippen LogP contribution in [-0.2, 0) is 6.42 Å². The molecular weight excluding hydrogens is 326 g/mol. The van der Waals surface area contributed by atoms with Gasteiger partial charge >= 0.3 is 0 Å². The zero-order valence-electron chi connectivity index (χ0n) is 17.2. The summed E-state index contributed by atoms with van der Waals surface area (Å²) < 4.78 is 0. The fourth-order valence-electron chi connectivity index (χ4n) is 3.69. The number of hydrogen-bond acceptors (Lipinski definition) is 0. The van der Waals surface area contributed by atoms with E-state index in [2.05, 4.69) is 43.0 Å². The van der Waals surface area contributed by atoms with Gasteiger partial charge in [0.05, 0.1) is 6.57 Å². The summed E-state index contributed by atoms with van der Waals surface area (Å²) in [4.78, 5) is 3.45. The second-order valence-corrected chi connectivity index (χ2v) is 7.93. The Balaban J connectivity index is 1.68. The maximum atomic E-state index is 7.04. The molecule has 0 saturated heterocycles. The molecule has 0 heterocycles. The molecule has 0 amide bonds. The molecule has 1 heteroatoms. The first-order chi connectivity index (χ1) is 13.2. The summed E-state index contributed by atoms with van der Waals surface area (Å²) >= 11 is 0. The maximum absolute atomic E-state index is 7.04. The van der Waals surface area contributed by atoms with E-state index in [4.69, 9.17) is 6.57 Å². The molecule has 144 valence electrons. The highest BCUT2D eigenvalue weighted by Gasteiger charge is 2.05. The second kappa shape index (κ2) is 12.3. The lowest BCUT2D eigenvalue weighted by atomic mass is 9.94. The van der Waals surface area contributed by atoms with Gasteiger partial charge < -0.3 is 0 Å². The Morgan fingerprint density at radius 2 is 1.26 bits per heavy atom. The maximum Gasteiger partial charge on any atom is 0.187 e. The highest BCUT2D eigenvalue weighted by molar-refractivity contribution is 5.66. The van der Waals surface area contributed by atoms with Crippen molar-refractivity contribution in [2.24, 2.45) is 5.92 Å².